The summed E-state index contributed by atoms with van der Waals surface area (Å²) in [5.41, 5.74) is 2.14. The number of aliphatic carboxylic acids is 1. The van der Waals surface area contributed by atoms with E-state index in [1.807, 2.05) is 6.07 Å². The molecule has 3 rings (SSSR count). The molecule has 1 N–H and O–H groups in total. The first-order chi connectivity index (χ1) is 12.5. The van der Waals surface area contributed by atoms with Crippen molar-refractivity contribution in [2.75, 3.05) is 18.6 Å². The summed E-state index contributed by atoms with van der Waals surface area (Å²) in [7, 11) is 1.77. The molecule has 1 amide bonds. The quantitative estimate of drug-likeness (QED) is 0.824. The second-order valence-electron chi connectivity index (χ2n) is 6.78. The summed E-state index contributed by atoms with van der Waals surface area (Å²) in [5, 5.41) is 8.62. The SMILES string of the molecule is CN(C(=O)CC1CC(c2ccccc2)C1)c1ccc(OCC(=O)O)cc1. The molecule has 1 aliphatic rings. The Bertz CT molecular complexity index is 751. The van der Waals surface area contributed by atoms with Crippen molar-refractivity contribution in [1.82, 2.24) is 0 Å². The highest BCUT2D eigenvalue weighted by Crippen LogP contribution is 2.43. The van der Waals surface area contributed by atoms with Gasteiger partial charge in [0.2, 0.25) is 5.91 Å². The normalized spacial score (nSPS) is 18.7. The molecule has 0 spiro atoms. The van der Waals surface area contributed by atoms with Gasteiger partial charge in [-0.2, -0.15) is 0 Å². The molecular weight excluding hydrogens is 330 g/mol. The van der Waals surface area contributed by atoms with Crippen LogP contribution in [0.25, 0.3) is 0 Å². The topological polar surface area (TPSA) is 66.8 Å². The van der Waals surface area contributed by atoms with Crippen LogP contribution < -0.4 is 9.64 Å². The van der Waals surface area contributed by atoms with Crippen molar-refractivity contribution in [2.24, 2.45) is 5.92 Å². The van der Waals surface area contributed by atoms with Gasteiger partial charge in [-0.15, -0.1) is 0 Å². The molecule has 0 bridgehead atoms. The van der Waals surface area contributed by atoms with Crippen LogP contribution in [0.5, 0.6) is 5.75 Å². The second kappa shape index (κ2) is 8.04. The Morgan fingerprint density at radius 3 is 2.35 bits per heavy atom. The molecule has 5 nitrogen and oxygen atoms in total. The Hall–Kier alpha value is -2.82. The van der Waals surface area contributed by atoms with Gasteiger partial charge in [-0.25, -0.2) is 4.79 Å². The van der Waals surface area contributed by atoms with Gasteiger partial charge < -0.3 is 14.7 Å². The van der Waals surface area contributed by atoms with Crippen LogP contribution in [-0.2, 0) is 9.59 Å². The van der Waals surface area contributed by atoms with Crippen LogP contribution in [-0.4, -0.2) is 30.6 Å². The molecule has 2 aromatic carbocycles. The summed E-state index contributed by atoms with van der Waals surface area (Å²) >= 11 is 0. The van der Waals surface area contributed by atoms with E-state index >= 15 is 0 Å². The number of carbonyl (C=O) groups excluding carboxylic acids is 1. The number of rotatable bonds is 7. The van der Waals surface area contributed by atoms with Gasteiger partial charge in [0, 0.05) is 19.2 Å². The molecule has 5 heteroatoms. The number of ether oxygens (including phenoxy) is 1. The lowest BCUT2D eigenvalue weighted by atomic mass is 9.70. The van der Waals surface area contributed by atoms with Crippen molar-refractivity contribution in [3.63, 3.8) is 0 Å². The number of hydrogen-bond donors (Lipinski definition) is 1. The van der Waals surface area contributed by atoms with Gasteiger partial charge in [0.15, 0.2) is 6.61 Å². The first-order valence-corrected chi connectivity index (χ1v) is 8.79. The number of carboxylic acid groups (broad SMARTS) is 1. The molecule has 0 aliphatic heterocycles. The average Bonchev–Trinajstić information content (AvgIpc) is 2.63. The van der Waals surface area contributed by atoms with Crippen LogP contribution in [0.1, 0.15) is 30.7 Å². The molecule has 1 saturated carbocycles. The molecule has 1 aliphatic carbocycles. The minimum Gasteiger partial charge on any atom is -0.482 e. The number of carboxylic acids is 1. The van der Waals surface area contributed by atoms with E-state index < -0.39 is 5.97 Å². The number of amides is 1. The summed E-state index contributed by atoms with van der Waals surface area (Å²) in [4.78, 5) is 24.7. The van der Waals surface area contributed by atoms with E-state index in [0.717, 1.165) is 18.5 Å². The van der Waals surface area contributed by atoms with Crippen molar-refractivity contribution >= 4 is 17.6 Å². The second-order valence-corrected chi connectivity index (χ2v) is 6.78. The largest absolute Gasteiger partial charge is 0.482 e. The van der Waals surface area contributed by atoms with Gasteiger partial charge in [-0.05, 0) is 54.5 Å². The number of carbonyl (C=O) groups is 2. The summed E-state index contributed by atoms with van der Waals surface area (Å²) in [6, 6.07) is 17.3. The van der Waals surface area contributed by atoms with Crippen molar-refractivity contribution in [2.45, 2.75) is 25.2 Å². The number of hydrogen-bond acceptors (Lipinski definition) is 3. The molecule has 2 aromatic rings. The Balaban J connectivity index is 1.48. The predicted octanol–water partition coefficient (Wildman–Crippen LogP) is 3.70. The third-order valence-corrected chi connectivity index (χ3v) is 4.93. The van der Waals surface area contributed by atoms with E-state index in [-0.39, 0.29) is 12.5 Å². The fraction of sp³-hybridized carbons (Fsp3) is 0.333. The van der Waals surface area contributed by atoms with Gasteiger partial charge in [-0.3, -0.25) is 4.79 Å². The van der Waals surface area contributed by atoms with E-state index in [2.05, 4.69) is 24.3 Å². The monoisotopic (exact) mass is 353 g/mol. The lowest BCUT2D eigenvalue weighted by Crippen LogP contribution is -2.32. The first kappa shape index (κ1) is 18.0. The zero-order chi connectivity index (χ0) is 18.5. The summed E-state index contributed by atoms with van der Waals surface area (Å²) in [6.45, 7) is -0.377. The fourth-order valence-electron chi connectivity index (χ4n) is 3.34. The molecule has 0 aromatic heterocycles. The van der Waals surface area contributed by atoms with E-state index in [9.17, 15) is 9.59 Å². The molecule has 26 heavy (non-hydrogen) atoms. The number of nitrogens with zero attached hydrogens (tertiary/aromatic N) is 1. The van der Waals surface area contributed by atoms with Crippen LogP contribution >= 0.6 is 0 Å². The maximum Gasteiger partial charge on any atom is 0.341 e. The third kappa shape index (κ3) is 4.42. The highest BCUT2D eigenvalue weighted by molar-refractivity contribution is 5.93. The van der Waals surface area contributed by atoms with Crippen molar-refractivity contribution in [1.29, 1.82) is 0 Å². The van der Waals surface area contributed by atoms with Crippen LogP contribution in [0.15, 0.2) is 54.6 Å². The third-order valence-electron chi connectivity index (χ3n) is 4.93. The lowest BCUT2D eigenvalue weighted by Gasteiger charge is -2.36. The Morgan fingerprint density at radius 1 is 1.08 bits per heavy atom. The number of benzene rings is 2. The molecule has 0 heterocycles. The fourth-order valence-corrected chi connectivity index (χ4v) is 3.34. The van der Waals surface area contributed by atoms with E-state index in [0.29, 0.717) is 24.0 Å². The van der Waals surface area contributed by atoms with Gasteiger partial charge in [-0.1, -0.05) is 30.3 Å². The van der Waals surface area contributed by atoms with Crippen LogP contribution in [0.3, 0.4) is 0 Å². The van der Waals surface area contributed by atoms with Crippen molar-refractivity contribution in [3.8, 4) is 5.75 Å². The van der Waals surface area contributed by atoms with E-state index in [1.165, 1.54) is 5.56 Å². The van der Waals surface area contributed by atoms with Gasteiger partial charge in [0.05, 0.1) is 0 Å². The molecule has 1 fully saturated rings. The first-order valence-electron chi connectivity index (χ1n) is 8.79. The lowest BCUT2D eigenvalue weighted by molar-refractivity contribution is -0.139. The summed E-state index contributed by atoms with van der Waals surface area (Å²) in [6.07, 6.45) is 2.67. The van der Waals surface area contributed by atoms with Gasteiger partial charge >= 0.3 is 5.97 Å². The molecule has 0 radical (unpaired) electrons. The maximum absolute atomic E-state index is 12.5. The van der Waals surface area contributed by atoms with Crippen LogP contribution in [0.4, 0.5) is 5.69 Å². The summed E-state index contributed by atoms with van der Waals surface area (Å²) < 4.78 is 5.10. The minimum atomic E-state index is -1.02. The highest BCUT2D eigenvalue weighted by atomic mass is 16.5. The smallest absolute Gasteiger partial charge is 0.341 e. The van der Waals surface area contributed by atoms with Crippen molar-refractivity contribution in [3.05, 3.63) is 60.2 Å². The molecular formula is C21H23NO4. The Morgan fingerprint density at radius 2 is 1.73 bits per heavy atom. The molecule has 0 atom stereocenters. The minimum absolute atomic E-state index is 0.0979. The van der Waals surface area contributed by atoms with E-state index in [1.54, 1.807) is 36.2 Å². The van der Waals surface area contributed by atoms with E-state index in [4.69, 9.17) is 9.84 Å². The molecule has 136 valence electrons. The molecule has 0 saturated heterocycles. The predicted molar refractivity (Wildman–Crippen MR) is 99.5 cm³/mol. The highest BCUT2D eigenvalue weighted by Gasteiger charge is 2.32. The zero-order valence-electron chi connectivity index (χ0n) is 14.8. The zero-order valence-corrected chi connectivity index (χ0v) is 14.8. The van der Waals surface area contributed by atoms with Crippen molar-refractivity contribution < 1.29 is 19.4 Å². The van der Waals surface area contributed by atoms with Gasteiger partial charge in [0.1, 0.15) is 5.75 Å². The van der Waals surface area contributed by atoms with Crippen LogP contribution in [0.2, 0.25) is 0 Å². The Kier molecular flexibility index (Phi) is 5.56. The maximum atomic E-state index is 12.5. The standard InChI is InChI=1S/C21H23NO4/c1-22(18-7-9-19(10-8-18)26-14-21(24)25)20(23)13-15-11-17(12-15)16-5-3-2-4-6-16/h2-10,15,17H,11-14H2,1H3,(H,24,25). The summed E-state index contributed by atoms with van der Waals surface area (Å²) in [5.74, 6) is 0.566. The van der Waals surface area contributed by atoms with Gasteiger partial charge in [0.25, 0.3) is 0 Å². The average molecular weight is 353 g/mol. The number of anilines is 1. The Labute approximate surface area is 153 Å². The van der Waals surface area contributed by atoms with Crippen LogP contribution in [0, 0.1) is 5.92 Å². The molecule has 0 unspecified atom stereocenters.